The summed E-state index contributed by atoms with van der Waals surface area (Å²) in [5, 5.41) is 17.5. The lowest BCUT2D eigenvalue weighted by Gasteiger charge is -2.28. The molecular weight excluding hydrogens is 592 g/mol. The average molecular weight is 620 g/mol. The molecule has 1 aliphatic heterocycles. The first-order chi connectivity index (χ1) is 18.7. The van der Waals surface area contributed by atoms with Crippen LogP contribution in [0.4, 0.5) is 5.82 Å². The highest BCUT2D eigenvalue weighted by atomic mass is 35.5. The molecule has 3 rings (SSSR count). The van der Waals surface area contributed by atoms with E-state index in [1.54, 1.807) is 13.8 Å². The van der Waals surface area contributed by atoms with Gasteiger partial charge in [0.2, 0.25) is 0 Å². The van der Waals surface area contributed by atoms with E-state index in [-0.39, 0.29) is 21.6 Å². The fourth-order valence-electron chi connectivity index (χ4n) is 3.75. The maximum absolute atomic E-state index is 13.8. The molecule has 0 aliphatic carbocycles. The highest BCUT2D eigenvalue weighted by molar-refractivity contribution is 7.52. The molecule has 4 N–H and O–H groups in total. The van der Waals surface area contributed by atoms with Gasteiger partial charge in [-0.25, -0.2) is 9.36 Å². The monoisotopic (exact) mass is 619 g/mol. The number of benzene rings is 1. The van der Waals surface area contributed by atoms with E-state index in [0.29, 0.717) is 0 Å². The summed E-state index contributed by atoms with van der Waals surface area (Å²) in [6, 6.07) is 4.22. The molecule has 2 unspecified atom stereocenters. The van der Waals surface area contributed by atoms with Gasteiger partial charge in [-0.05, 0) is 51.4 Å². The van der Waals surface area contributed by atoms with Crippen LogP contribution in [-0.4, -0.2) is 57.1 Å². The highest BCUT2D eigenvalue weighted by Crippen LogP contribution is 2.48. The Morgan fingerprint density at radius 2 is 2.08 bits per heavy atom. The third kappa shape index (κ3) is 7.25. The molecule has 1 aliphatic rings. The van der Waals surface area contributed by atoms with Crippen LogP contribution in [0.3, 0.4) is 0 Å². The van der Waals surface area contributed by atoms with Gasteiger partial charge in [-0.2, -0.15) is 10.1 Å². The fourth-order valence-corrected chi connectivity index (χ4v) is 5.53. The smallest absolute Gasteiger partial charge is 0.459 e. The normalized spacial score (nSPS) is 24.6. The number of aromatic nitrogens is 2. The Hall–Kier alpha value is -2.87. The van der Waals surface area contributed by atoms with Crippen molar-refractivity contribution in [2.24, 2.45) is 5.11 Å². The van der Waals surface area contributed by atoms with Crippen molar-refractivity contribution in [2.45, 2.75) is 63.8 Å². The van der Waals surface area contributed by atoms with E-state index in [1.807, 2.05) is 0 Å². The molecule has 1 aromatic carbocycles. The molecule has 0 bridgehead atoms. The molecule has 1 saturated heterocycles. The van der Waals surface area contributed by atoms with Crippen molar-refractivity contribution in [1.82, 2.24) is 14.6 Å². The van der Waals surface area contributed by atoms with Crippen molar-refractivity contribution in [3.05, 3.63) is 61.4 Å². The van der Waals surface area contributed by atoms with E-state index in [1.165, 1.54) is 44.3 Å². The predicted molar refractivity (Wildman–Crippen MR) is 145 cm³/mol. The summed E-state index contributed by atoms with van der Waals surface area (Å²) < 4.78 is 37.0. The van der Waals surface area contributed by atoms with Gasteiger partial charge in [0, 0.05) is 17.2 Å². The van der Waals surface area contributed by atoms with Gasteiger partial charge in [0.25, 0.3) is 0 Å². The highest BCUT2D eigenvalue weighted by Gasteiger charge is 2.55. The van der Waals surface area contributed by atoms with Gasteiger partial charge in [0.1, 0.15) is 29.3 Å². The van der Waals surface area contributed by atoms with Crippen LogP contribution in [0.2, 0.25) is 10.0 Å². The number of esters is 1. The van der Waals surface area contributed by atoms with Crippen molar-refractivity contribution in [2.75, 3.05) is 12.3 Å². The molecule has 40 heavy (non-hydrogen) atoms. The molecule has 0 saturated carbocycles. The van der Waals surface area contributed by atoms with Gasteiger partial charge in [0.05, 0.1) is 28.9 Å². The second kappa shape index (κ2) is 12.8. The molecule has 2 heterocycles. The van der Waals surface area contributed by atoms with Crippen molar-refractivity contribution in [3.63, 3.8) is 0 Å². The topological polar surface area (TPSA) is 213 Å². The number of carbonyl (C=O) groups excluding carboxylic acids is 1. The summed E-state index contributed by atoms with van der Waals surface area (Å²) in [6.07, 6.45) is -3.37. The van der Waals surface area contributed by atoms with Crippen LogP contribution in [0.25, 0.3) is 10.4 Å². The lowest BCUT2D eigenvalue weighted by Crippen LogP contribution is -2.45. The predicted octanol–water partition coefficient (Wildman–Crippen LogP) is 3.59. The maximum atomic E-state index is 13.8. The molecule has 0 amide bonds. The van der Waals surface area contributed by atoms with Crippen LogP contribution in [-0.2, 0) is 23.4 Å². The van der Waals surface area contributed by atoms with E-state index in [9.17, 15) is 19.3 Å². The lowest BCUT2D eigenvalue weighted by atomic mass is 9.93. The number of anilines is 1. The van der Waals surface area contributed by atoms with Gasteiger partial charge >= 0.3 is 19.4 Å². The van der Waals surface area contributed by atoms with Crippen molar-refractivity contribution >= 4 is 42.7 Å². The van der Waals surface area contributed by atoms with Crippen molar-refractivity contribution < 1.29 is 33.0 Å². The van der Waals surface area contributed by atoms with Gasteiger partial charge in [0.15, 0.2) is 6.23 Å². The fraction of sp³-hybridized carbons (Fsp3) is 0.500. The first kappa shape index (κ1) is 31.7. The summed E-state index contributed by atoms with van der Waals surface area (Å²) in [4.78, 5) is 31.3. The van der Waals surface area contributed by atoms with Crippen LogP contribution in [0, 0.1) is 0 Å². The van der Waals surface area contributed by atoms with Crippen LogP contribution < -0.4 is 21.0 Å². The molecule has 15 nitrogen and oxygen atoms in total. The van der Waals surface area contributed by atoms with Gasteiger partial charge in [-0.1, -0.05) is 28.3 Å². The zero-order valence-corrected chi connectivity index (χ0v) is 24.2. The number of ether oxygens (including phenoxy) is 2. The molecule has 1 fully saturated rings. The number of nitrogens with two attached hydrogens (primary N) is 1. The minimum absolute atomic E-state index is 0.0150. The molecule has 0 radical (unpaired) electrons. The van der Waals surface area contributed by atoms with Gasteiger partial charge < -0.3 is 24.8 Å². The summed E-state index contributed by atoms with van der Waals surface area (Å²) in [5.41, 5.74) is 12.2. The summed E-state index contributed by atoms with van der Waals surface area (Å²) in [6.45, 7) is 5.42. The lowest BCUT2D eigenvalue weighted by molar-refractivity contribution is -0.149. The van der Waals surface area contributed by atoms with Gasteiger partial charge in [-0.15, -0.1) is 0 Å². The minimum Gasteiger partial charge on any atom is -0.462 e. The van der Waals surface area contributed by atoms with E-state index in [4.69, 9.17) is 53.0 Å². The molecule has 6 atom stereocenters. The second-order valence-corrected chi connectivity index (χ2v) is 11.7. The minimum atomic E-state index is -4.42. The number of hydrogen-bond donors (Lipinski definition) is 3. The second-order valence-electron chi connectivity index (χ2n) is 9.23. The summed E-state index contributed by atoms with van der Waals surface area (Å²) in [7, 11) is -4.42. The summed E-state index contributed by atoms with van der Waals surface area (Å²) >= 11 is 12.0. The van der Waals surface area contributed by atoms with Crippen LogP contribution in [0.15, 0.2) is 40.4 Å². The van der Waals surface area contributed by atoms with E-state index >= 15 is 0 Å². The number of nitrogens with one attached hydrogen (secondary N) is 1. The van der Waals surface area contributed by atoms with Crippen LogP contribution in [0.5, 0.6) is 5.75 Å². The number of nitrogen functional groups attached to an aromatic ring is 1. The SMILES string of the molecule is CC(C)OC(=O)[C@H](C)NP(=O)(OC[C@H]1OC(n2ccc(N)nc2=O)[C@](C)(N=[N+]=[N-])[C@@H]1O)Oc1ccc(Cl)c(Cl)c1. The van der Waals surface area contributed by atoms with Crippen molar-refractivity contribution in [3.8, 4) is 5.75 Å². The largest absolute Gasteiger partial charge is 0.462 e. The molecule has 1 aromatic heterocycles. The number of halogens is 2. The van der Waals surface area contributed by atoms with Crippen molar-refractivity contribution in [1.29, 1.82) is 0 Å². The van der Waals surface area contributed by atoms with Gasteiger partial charge in [-0.3, -0.25) is 13.9 Å². The molecular formula is C22H28Cl2N7O8P. The third-order valence-corrected chi connectivity index (χ3v) is 8.08. The summed E-state index contributed by atoms with van der Waals surface area (Å²) in [5.74, 6) is -0.805. The number of rotatable bonds is 11. The standard InChI is InChI=1S/C22H28Cl2N7O8P/c1-11(2)37-19(33)12(3)28-40(35,39-13-5-6-14(23)15(24)9-13)36-10-16-18(32)22(4,29-30-26)20(38-16)31-8-7-17(25)27-21(31)34/h5-9,11-12,16,18,20,32H,10H2,1-4H3,(H,28,35)(H2,25,27,34)/t12-,16+,18+,20?,22+,40?/m0/s1. The van der Waals surface area contributed by atoms with E-state index in [0.717, 1.165) is 4.57 Å². The Morgan fingerprint density at radius 3 is 2.67 bits per heavy atom. The quantitative estimate of drug-likeness (QED) is 0.109. The number of aliphatic hydroxyl groups is 1. The molecule has 18 heteroatoms. The number of carbonyl (C=O) groups is 1. The molecule has 2 aromatic rings. The Labute approximate surface area is 238 Å². The Kier molecular flexibility index (Phi) is 10.1. The van der Waals surface area contributed by atoms with E-state index in [2.05, 4.69) is 20.1 Å². The molecule has 218 valence electrons. The molecule has 0 spiro atoms. The first-order valence-electron chi connectivity index (χ1n) is 11.8. The maximum Gasteiger partial charge on any atom is 0.459 e. The Morgan fingerprint density at radius 1 is 1.38 bits per heavy atom. The van der Waals surface area contributed by atoms with E-state index < -0.39 is 62.1 Å². The number of azide groups is 1. The van der Waals surface area contributed by atoms with Crippen LogP contribution in [0.1, 0.15) is 33.9 Å². The number of aliphatic hydroxyl groups excluding tert-OH is 1. The zero-order valence-electron chi connectivity index (χ0n) is 21.8. The first-order valence-corrected chi connectivity index (χ1v) is 14.1. The number of hydrogen-bond acceptors (Lipinski definition) is 11. The Bertz CT molecular complexity index is 1410. The van der Waals surface area contributed by atoms with Crippen LogP contribution >= 0.6 is 30.9 Å². The average Bonchev–Trinajstić information content (AvgIpc) is 3.10. The number of nitrogens with zero attached hydrogens (tertiary/aromatic N) is 5. The Balaban J connectivity index is 1.89. The zero-order chi connectivity index (χ0) is 29.8. The third-order valence-electron chi connectivity index (χ3n) is 5.70.